The average molecular weight is 426 g/mol. The molecule has 2 aromatic rings. The zero-order chi connectivity index (χ0) is 18.2. The zero-order valence-corrected chi connectivity index (χ0v) is 17.7. The number of nitrogens with one attached hydrogen (secondary N) is 2. The molecule has 0 radical (unpaired) electrons. The molecular formula is C21H29Cl2N3O2. The molecule has 2 N–H and O–H groups in total. The van der Waals surface area contributed by atoms with Crippen LogP contribution in [0, 0.1) is 11.8 Å². The maximum Gasteiger partial charge on any atom is 0.224 e. The molecule has 1 unspecified atom stereocenters. The van der Waals surface area contributed by atoms with E-state index in [0.29, 0.717) is 24.9 Å². The summed E-state index contributed by atoms with van der Waals surface area (Å²) in [5.41, 5.74) is 1.64. The standard InChI is InChI=1S/C21H27N3O2.2ClH/c1-16(17-8-11-22-12-9-17)13-21(25)24-18-6-4-7-20(14-18)26-15-19-5-2-3-10-23-19;;/h2-7,10,14,16-17,22H,8-9,11-13,15H2,1H3,(H,24,25);2*1H. The van der Waals surface area contributed by atoms with Gasteiger partial charge in [-0.15, -0.1) is 24.8 Å². The molecule has 1 fully saturated rings. The van der Waals surface area contributed by atoms with Crippen LogP contribution in [0.5, 0.6) is 5.75 Å². The largest absolute Gasteiger partial charge is 0.487 e. The molecule has 1 aliphatic heterocycles. The number of pyridine rings is 1. The van der Waals surface area contributed by atoms with Crippen molar-refractivity contribution in [2.24, 2.45) is 11.8 Å². The van der Waals surface area contributed by atoms with E-state index in [-0.39, 0.29) is 30.7 Å². The van der Waals surface area contributed by atoms with Gasteiger partial charge < -0.3 is 15.4 Å². The molecule has 1 aromatic carbocycles. The van der Waals surface area contributed by atoms with Gasteiger partial charge in [0.15, 0.2) is 0 Å². The Morgan fingerprint density at radius 1 is 1.21 bits per heavy atom. The number of halogens is 2. The Morgan fingerprint density at radius 3 is 2.71 bits per heavy atom. The van der Waals surface area contributed by atoms with Gasteiger partial charge in [0.2, 0.25) is 5.91 Å². The van der Waals surface area contributed by atoms with Gasteiger partial charge in [0.25, 0.3) is 0 Å². The van der Waals surface area contributed by atoms with Crippen molar-refractivity contribution in [3.63, 3.8) is 0 Å². The van der Waals surface area contributed by atoms with E-state index in [2.05, 4.69) is 22.5 Å². The molecule has 7 heteroatoms. The van der Waals surface area contributed by atoms with Gasteiger partial charge in [-0.3, -0.25) is 9.78 Å². The maximum atomic E-state index is 12.4. The van der Waals surface area contributed by atoms with Crippen LogP contribution < -0.4 is 15.4 Å². The lowest BCUT2D eigenvalue weighted by Crippen LogP contribution is -2.32. The number of benzene rings is 1. The van der Waals surface area contributed by atoms with E-state index in [9.17, 15) is 4.79 Å². The molecule has 0 spiro atoms. The van der Waals surface area contributed by atoms with Crippen LogP contribution in [0.25, 0.3) is 0 Å². The summed E-state index contributed by atoms with van der Waals surface area (Å²) in [5, 5.41) is 6.37. The van der Waals surface area contributed by atoms with Gasteiger partial charge in [-0.25, -0.2) is 0 Å². The Labute approximate surface area is 179 Å². The summed E-state index contributed by atoms with van der Waals surface area (Å²) in [6.07, 6.45) is 4.62. The van der Waals surface area contributed by atoms with Crippen LogP contribution in [0.1, 0.15) is 31.9 Å². The van der Waals surface area contributed by atoms with Crippen molar-refractivity contribution in [1.82, 2.24) is 10.3 Å². The minimum absolute atomic E-state index is 0. The van der Waals surface area contributed by atoms with Crippen molar-refractivity contribution in [3.05, 3.63) is 54.4 Å². The fraction of sp³-hybridized carbons (Fsp3) is 0.429. The molecule has 0 saturated carbocycles. The summed E-state index contributed by atoms with van der Waals surface area (Å²) in [6, 6.07) is 13.3. The Morgan fingerprint density at radius 2 is 2.00 bits per heavy atom. The van der Waals surface area contributed by atoms with E-state index in [1.165, 1.54) is 0 Å². The van der Waals surface area contributed by atoms with Crippen molar-refractivity contribution >= 4 is 36.4 Å². The van der Waals surface area contributed by atoms with Gasteiger partial charge in [0.05, 0.1) is 5.69 Å². The number of carbonyl (C=O) groups excluding carboxylic acids is 1. The first-order valence-electron chi connectivity index (χ1n) is 9.34. The highest BCUT2D eigenvalue weighted by atomic mass is 35.5. The second-order valence-electron chi connectivity index (χ2n) is 6.95. The smallest absolute Gasteiger partial charge is 0.224 e. The molecule has 0 bridgehead atoms. The number of nitrogens with zero attached hydrogens (tertiary/aromatic N) is 1. The van der Waals surface area contributed by atoms with E-state index in [4.69, 9.17) is 4.74 Å². The average Bonchev–Trinajstić information content (AvgIpc) is 2.68. The number of amides is 1. The number of hydrogen-bond acceptors (Lipinski definition) is 4. The Bertz CT molecular complexity index is 710. The van der Waals surface area contributed by atoms with Gasteiger partial charge in [0.1, 0.15) is 12.4 Å². The first kappa shape index (κ1) is 24.2. The number of carbonyl (C=O) groups is 1. The third kappa shape index (κ3) is 7.66. The molecule has 28 heavy (non-hydrogen) atoms. The van der Waals surface area contributed by atoms with Crippen LogP contribution in [0.3, 0.4) is 0 Å². The van der Waals surface area contributed by atoms with Crippen molar-refractivity contribution in [2.75, 3.05) is 18.4 Å². The van der Waals surface area contributed by atoms with Crippen LogP contribution in [-0.2, 0) is 11.4 Å². The SMILES string of the molecule is CC(CC(=O)Nc1cccc(OCc2ccccn2)c1)C1CCNCC1.Cl.Cl. The van der Waals surface area contributed by atoms with E-state index < -0.39 is 0 Å². The molecule has 5 nitrogen and oxygen atoms in total. The molecule has 1 saturated heterocycles. The molecular weight excluding hydrogens is 397 g/mol. The summed E-state index contributed by atoms with van der Waals surface area (Å²) in [7, 11) is 0. The number of hydrogen-bond donors (Lipinski definition) is 2. The molecule has 0 aliphatic carbocycles. The second-order valence-corrected chi connectivity index (χ2v) is 6.95. The van der Waals surface area contributed by atoms with E-state index in [1.807, 2.05) is 42.5 Å². The number of aromatic nitrogens is 1. The first-order valence-corrected chi connectivity index (χ1v) is 9.34. The van der Waals surface area contributed by atoms with Crippen LogP contribution >= 0.6 is 24.8 Å². The summed E-state index contributed by atoms with van der Waals surface area (Å²) < 4.78 is 5.77. The highest BCUT2D eigenvalue weighted by molar-refractivity contribution is 5.91. The molecule has 3 rings (SSSR count). The van der Waals surface area contributed by atoms with Gasteiger partial charge in [-0.05, 0) is 62.0 Å². The minimum Gasteiger partial charge on any atom is -0.487 e. The van der Waals surface area contributed by atoms with E-state index >= 15 is 0 Å². The predicted molar refractivity (Wildman–Crippen MR) is 118 cm³/mol. The third-order valence-electron chi connectivity index (χ3n) is 4.93. The second kappa shape index (κ2) is 12.6. The molecule has 1 amide bonds. The van der Waals surface area contributed by atoms with Crippen molar-refractivity contribution in [3.8, 4) is 5.75 Å². The third-order valence-corrected chi connectivity index (χ3v) is 4.93. The molecule has 1 aliphatic rings. The summed E-state index contributed by atoms with van der Waals surface area (Å²) >= 11 is 0. The van der Waals surface area contributed by atoms with Crippen molar-refractivity contribution in [1.29, 1.82) is 0 Å². The molecule has 1 atom stereocenters. The molecule has 1 aromatic heterocycles. The highest BCUT2D eigenvalue weighted by Gasteiger charge is 2.22. The lowest BCUT2D eigenvalue weighted by Gasteiger charge is -2.27. The monoisotopic (exact) mass is 425 g/mol. The highest BCUT2D eigenvalue weighted by Crippen LogP contribution is 2.25. The fourth-order valence-electron chi connectivity index (χ4n) is 3.39. The summed E-state index contributed by atoms with van der Waals surface area (Å²) in [6.45, 7) is 4.71. The topological polar surface area (TPSA) is 63.2 Å². The lowest BCUT2D eigenvalue weighted by atomic mass is 9.84. The number of piperidine rings is 1. The van der Waals surface area contributed by atoms with E-state index in [1.54, 1.807) is 6.20 Å². The van der Waals surface area contributed by atoms with Crippen molar-refractivity contribution < 1.29 is 9.53 Å². The lowest BCUT2D eigenvalue weighted by molar-refractivity contribution is -0.117. The normalized spacial score (nSPS) is 14.9. The fourth-order valence-corrected chi connectivity index (χ4v) is 3.39. The summed E-state index contributed by atoms with van der Waals surface area (Å²) in [4.78, 5) is 16.6. The Kier molecular flexibility index (Phi) is 10.9. The quantitative estimate of drug-likeness (QED) is 0.686. The van der Waals surface area contributed by atoms with Gasteiger partial charge in [-0.1, -0.05) is 19.1 Å². The van der Waals surface area contributed by atoms with Gasteiger partial charge in [0, 0.05) is 24.4 Å². The maximum absolute atomic E-state index is 12.4. The van der Waals surface area contributed by atoms with Gasteiger partial charge >= 0.3 is 0 Å². The Balaban J connectivity index is 0.00000196. The zero-order valence-electron chi connectivity index (χ0n) is 16.1. The number of rotatable bonds is 7. The Hall–Kier alpha value is -1.82. The van der Waals surface area contributed by atoms with Crippen molar-refractivity contribution in [2.45, 2.75) is 32.8 Å². The van der Waals surface area contributed by atoms with Gasteiger partial charge in [-0.2, -0.15) is 0 Å². The molecule has 154 valence electrons. The number of ether oxygens (including phenoxy) is 1. The van der Waals surface area contributed by atoms with Crippen LogP contribution in [0.15, 0.2) is 48.7 Å². The predicted octanol–water partition coefficient (Wildman–Crippen LogP) is 4.47. The molecule has 2 heterocycles. The van der Waals surface area contributed by atoms with Crippen LogP contribution in [0.2, 0.25) is 0 Å². The number of anilines is 1. The minimum atomic E-state index is 0. The first-order chi connectivity index (χ1) is 12.7. The van der Waals surface area contributed by atoms with Crippen LogP contribution in [-0.4, -0.2) is 24.0 Å². The van der Waals surface area contributed by atoms with E-state index in [0.717, 1.165) is 43.1 Å². The summed E-state index contributed by atoms with van der Waals surface area (Å²) in [5.74, 6) is 1.83. The van der Waals surface area contributed by atoms with Crippen LogP contribution in [0.4, 0.5) is 5.69 Å².